The van der Waals surface area contributed by atoms with E-state index in [4.69, 9.17) is 0 Å². The Bertz CT molecular complexity index is 214. The van der Waals surface area contributed by atoms with Crippen molar-refractivity contribution in [1.29, 1.82) is 0 Å². The fourth-order valence-corrected chi connectivity index (χ4v) is 4.97. The third-order valence-corrected chi connectivity index (χ3v) is 5.54. The van der Waals surface area contributed by atoms with Crippen LogP contribution in [-0.2, 0) is 0 Å². The predicted octanol–water partition coefficient (Wildman–Crippen LogP) is 3.49. The normalized spacial score (nSPS) is 60.0. The summed E-state index contributed by atoms with van der Waals surface area (Å²) in [5.41, 5.74) is 0. The summed E-state index contributed by atoms with van der Waals surface area (Å²) in [6, 6.07) is 0. The van der Waals surface area contributed by atoms with Gasteiger partial charge in [-0.25, -0.2) is 0 Å². The molecule has 4 atom stereocenters. The molecule has 0 aromatic carbocycles. The standard InChI is InChI=1S/C14H20/c1-2-11-8-12(3-1)14(11)13-6-9-4-10(5-9)7-13/h1,4,9-14H,2-3,5-8H2. The van der Waals surface area contributed by atoms with Crippen LogP contribution in [0.4, 0.5) is 0 Å². The Balaban J connectivity index is 1.48. The Hall–Kier alpha value is 0. The van der Waals surface area contributed by atoms with Crippen molar-refractivity contribution < 1.29 is 0 Å². The van der Waals surface area contributed by atoms with Gasteiger partial charge in [-0.2, -0.15) is 0 Å². The van der Waals surface area contributed by atoms with Crippen LogP contribution >= 0.6 is 0 Å². The van der Waals surface area contributed by atoms with E-state index in [0.717, 1.165) is 29.6 Å². The van der Waals surface area contributed by atoms with Crippen LogP contribution in [0, 0.1) is 48.3 Å². The van der Waals surface area contributed by atoms with Crippen LogP contribution in [0.25, 0.3) is 0 Å². The SMILES string of the molecule is [CH]1CC2CC(C1)C2C1CC2[CH]C(C2)C1. The van der Waals surface area contributed by atoms with Crippen molar-refractivity contribution in [1.82, 2.24) is 0 Å². The average Bonchev–Trinajstić information content (AvgIpc) is 2.17. The first kappa shape index (κ1) is 8.19. The number of rotatable bonds is 1. The number of fused-ring (bicyclic) bond motifs is 5. The summed E-state index contributed by atoms with van der Waals surface area (Å²) in [5, 5.41) is 0. The molecule has 0 N–H and O–H groups in total. The van der Waals surface area contributed by atoms with Gasteiger partial charge in [0.15, 0.2) is 0 Å². The molecular weight excluding hydrogens is 168 g/mol. The molecule has 0 aliphatic heterocycles. The second-order valence-electron chi connectivity index (χ2n) is 6.27. The summed E-state index contributed by atoms with van der Waals surface area (Å²) in [6.07, 6.45) is 14.4. The summed E-state index contributed by atoms with van der Waals surface area (Å²) in [7, 11) is 0. The zero-order valence-electron chi connectivity index (χ0n) is 8.86. The van der Waals surface area contributed by atoms with Crippen LogP contribution in [0.5, 0.6) is 0 Å². The lowest BCUT2D eigenvalue weighted by molar-refractivity contribution is -0.0477. The highest BCUT2D eigenvalue weighted by Crippen LogP contribution is 2.60. The van der Waals surface area contributed by atoms with Crippen molar-refractivity contribution in [3.8, 4) is 0 Å². The highest BCUT2D eigenvalue weighted by molar-refractivity contribution is 5.08. The molecule has 0 aromatic rings. The monoisotopic (exact) mass is 188 g/mol. The molecule has 6 fully saturated rings. The van der Waals surface area contributed by atoms with E-state index in [-0.39, 0.29) is 0 Å². The van der Waals surface area contributed by atoms with E-state index < -0.39 is 0 Å². The van der Waals surface area contributed by atoms with Gasteiger partial charge in [0.05, 0.1) is 0 Å². The van der Waals surface area contributed by atoms with E-state index in [1.54, 1.807) is 25.7 Å². The molecule has 0 aromatic heterocycles. The summed E-state index contributed by atoms with van der Waals surface area (Å²) >= 11 is 0. The van der Waals surface area contributed by atoms with E-state index in [0.29, 0.717) is 0 Å². The Morgan fingerprint density at radius 1 is 0.714 bits per heavy atom. The molecule has 4 bridgehead atoms. The maximum absolute atomic E-state index is 2.64. The molecule has 0 heteroatoms. The fourth-order valence-electron chi connectivity index (χ4n) is 4.97. The van der Waals surface area contributed by atoms with Gasteiger partial charge in [0.25, 0.3) is 0 Å². The molecule has 6 aliphatic carbocycles. The van der Waals surface area contributed by atoms with Gasteiger partial charge in [-0.1, -0.05) is 0 Å². The minimum Gasteiger partial charge on any atom is -0.0470 e. The first-order valence-corrected chi connectivity index (χ1v) is 6.57. The lowest BCUT2D eigenvalue weighted by Crippen LogP contribution is -2.49. The molecule has 0 nitrogen and oxygen atoms in total. The predicted molar refractivity (Wildman–Crippen MR) is 57.2 cm³/mol. The van der Waals surface area contributed by atoms with Gasteiger partial charge in [-0.3, -0.25) is 0 Å². The summed E-state index contributed by atoms with van der Waals surface area (Å²) in [5.74, 6) is 6.64. The van der Waals surface area contributed by atoms with Crippen molar-refractivity contribution in [2.24, 2.45) is 35.5 Å². The van der Waals surface area contributed by atoms with E-state index >= 15 is 0 Å². The minimum absolute atomic E-state index is 1.05. The van der Waals surface area contributed by atoms with E-state index in [2.05, 4.69) is 12.8 Å². The van der Waals surface area contributed by atoms with E-state index in [9.17, 15) is 0 Å². The van der Waals surface area contributed by atoms with Gasteiger partial charge in [-0.15, -0.1) is 0 Å². The van der Waals surface area contributed by atoms with E-state index in [1.165, 1.54) is 18.8 Å². The molecule has 14 heavy (non-hydrogen) atoms. The number of hydrogen-bond acceptors (Lipinski definition) is 0. The molecule has 0 saturated heterocycles. The second kappa shape index (κ2) is 2.77. The van der Waals surface area contributed by atoms with Crippen LogP contribution in [-0.4, -0.2) is 0 Å². The molecular formula is C14H20. The van der Waals surface area contributed by atoms with Gasteiger partial charge in [-0.05, 0) is 86.9 Å². The molecule has 0 amide bonds. The Morgan fingerprint density at radius 3 is 1.93 bits per heavy atom. The number of hydrogen-bond donors (Lipinski definition) is 0. The molecule has 76 valence electrons. The van der Waals surface area contributed by atoms with Gasteiger partial charge in [0, 0.05) is 0 Å². The molecule has 4 unspecified atom stereocenters. The first-order valence-electron chi connectivity index (χ1n) is 6.57. The minimum atomic E-state index is 1.05. The largest absolute Gasteiger partial charge is 0.0470 e. The zero-order valence-corrected chi connectivity index (χ0v) is 8.86. The van der Waals surface area contributed by atoms with E-state index in [1.807, 2.05) is 0 Å². The van der Waals surface area contributed by atoms with Crippen molar-refractivity contribution in [2.45, 2.75) is 38.5 Å². The molecule has 2 radical (unpaired) electrons. The third-order valence-electron chi connectivity index (χ3n) is 5.54. The Morgan fingerprint density at radius 2 is 1.36 bits per heavy atom. The second-order valence-corrected chi connectivity index (χ2v) is 6.27. The van der Waals surface area contributed by atoms with Gasteiger partial charge >= 0.3 is 0 Å². The third kappa shape index (κ3) is 1.01. The van der Waals surface area contributed by atoms with Gasteiger partial charge < -0.3 is 0 Å². The van der Waals surface area contributed by atoms with Crippen LogP contribution in [0.15, 0.2) is 0 Å². The fraction of sp³-hybridized carbons (Fsp3) is 0.857. The topological polar surface area (TPSA) is 0 Å². The van der Waals surface area contributed by atoms with Crippen molar-refractivity contribution in [2.75, 3.05) is 0 Å². The molecule has 0 heterocycles. The maximum atomic E-state index is 2.64. The zero-order chi connectivity index (χ0) is 9.12. The van der Waals surface area contributed by atoms with Gasteiger partial charge in [0.1, 0.15) is 0 Å². The van der Waals surface area contributed by atoms with Crippen LogP contribution in [0.2, 0.25) is 0 Å². The van der Waals surface area contributed by atoms with Crippen molar-refractivity contribution in [3.63, 3.8) is 0 Å². The molecule has 6 saturated carbocycles. The Labute approximate surface area is 87.5 Å². The van der Waals surface area contributed by atoms with Crippen LogP contribution in [0.1, 0.15) is 38.5 Å². The Kier molecular flexibility index (Phi) is 1.62. The quantitative estimate of drug-likeness (QED) is 0.591. The highest BCUT2D eigenvalue weighted by Gasteiger charge is 2.51. The van der Waals surface area contributed by atoms with Crippen LogP contribution < -0.4 is 0 Å². The van der Waals surface area contributed by atoms with Crippen LogP contribution in [0.3, 0.4) is 0 Å². The van der Waals surface area contributed by atoms with Crippen molar-refractivity contribution >= 4 is 0 Å². The lowest BCUT2D eigenvalue weighted by Gasteiger charge is -2.57. The molecule has 6 aliphatic rings. The summed E-state index contributed by atoms with van der Waals surface area (Å²) in [6.45, 7) is 0. The smallest absolute Gasteiger partial charge is 0.0323 e. The molecule has 6 rings (SSSR count). The summed E-state index contributed by atoms with van der Waals surface area (Å²) in [4.78, 5) is 0. The van der Waals surface area contributed by atoms with Gasteiger partial charge in [0.2, 0.25) is 0 Å². The van der Waals surface area contributed by atoms with Crippen molar-refractivity contribution in [3.05, 3.63) is 12.8 Å². The maximum Gasteiger partial charge on any atom is -0.0323 e. The summed E-state index contributed by atoms with van der Waals surface area (Å²) < 4.78 is 0. The first-order chi connectivity index (χ1) is 6.90. The average molecular weight is 188 g/mol. The lowest BCUT2D eigenvalue weighted by atomic mass is 9.48. The highest BCUT2D eigenvalue weighted by atomic mass is 14.6. The molecule has 0 spiro atoms.